The Labute approximate surface area is 202 Å². The van der Waals surface area contributed by atoms with Crippen LogP contribution in [0.5, 0.6) is 0 Å². The van der Waals surface area contributed by atoms with E-state index in [9.17, 15) is 9.59 Å². The van der Waals surface area contributed by atoms with E-state index >= 15 is 0 Å². The molecule has 0 saturated carbocycles. The lowest BCUT2D eigenvalue weighted by molar-refractivity contribution is -0.128. The molecular weight excluding hydrogens is 452 g/mol. The van der Waals surface area contributed by atoms with Gasteiger partial charge in [-0.1, -0.05) is 41.9 Å². The van der Waals surface area contributed by atoms with Crippen LogP contribution in [-0.4, -0.2) is 59.7 Å². The molecule has 34 heavy (non-hydrogen) atoms. The Morgan fingerprint density at radius 3 is 2.74 bits per heavy atom. The molecule has 1 N–H and O–H groups in total. The highest BCUT2D eigenvalue weighted by atomic mass is 35.5. The minimum absolute atomic E-state index is 0.154. The van der Waals surface area contributed by atoms with Crippen LogP contribution in [0.4, 0.5) is 0 Å². The number of furan rings is 1. The Balaban J connectivity index is 1.24. The van der Waals surface area contributed by atoms with Gasteiger partial charge in [0.25, 0.3) is 11.8 Å². The molecule has 1 fully saturated rings. The van der Waals surface area contributed by atoms with E-state index in [1.165, 1.54) is 0 Å². The van der Waals surface area contributed by atoms with Gasteiger partial charge in [-0.3, -0.25) is 14.6 Å². The first-order chi connectivity index (χ1) is 16.5. The van der Waals surface area contributed by atoms with Gasteiger partial charge in [0, 0.05) is 48.8 Å². The molecule has 0 bridgehead atoms. The molecule has 3 aromatic rings. The topological polar surface area (TPSA) is 78.2 Å². The van der Waals surface area contributed by atoms with Crippen LogP contribution in [-0.2, 0) is 4.79 Å². The van der Waals surface area contributed by atoms with Crippen molar-refractivity contribution in [3.05, 3.63) is 77.1 Å². The van der Waals surface area contributed by atoms with Crippen molar-refractivity contribution in [3.63, 3.8) is 0 Å². The number of nitrogens with one attached hydrogen (secondary N) is 1. The van der Waals surface area contributed by atoms with Gasteiger partial charge in [-0.05, 0) is 48.7 Å². The average Bonchev–Trinajstić information content (AvgIpc) is 3.12. The molecule has 0 radical (unpaired) electrons. The molecular formula is C26H25ClN4O3. The van der Waals surface area contributed by atoms with Gasteiger partial charge in [-0.15, -0.1) is 0 Å². The molecule has 174 valence electrons. The highest BCUT2D eigenvalue weighted by molar-refractivity contribution is 6.38. The van der Waals surface area contributed by atoms with Crippen LogP contribution in [0.3, 0.4) is 0 Å². The van der Waals surface area contributed by atoms with Gasteiger partial charge in [0.2, 0.25) is 0 Å². The van der Waals surface area contributed by atoms with E-state index < -0.39 is 0 Å². The molecule has 2 aromatic carbocycles. The predicted octanol–water partition coefficient (Wildman–Crippen LogP) is 4.19. The van der Waals surface area contributed by atoms with Crippen LogP contribution in [0.25, 0.3) is 16.5 Å². The zero-order valence-corrected chi connectivity index (χ0v) is 19.6. The van der Waals surface area contributed by atoms with Crippen molar-refractivity contribution in [3.8, 4) is 0 Å². The van der Waals surface area contributed by atoms with Crippen LogP contribution in [0.1, 0.15) is 29.5 Å². The molecule has 0 aliphatic carbocycles. The molecule has 1 unspecified atom stereocenters. The number of benzene rings is 2. The molecule has 0 spiro atoms. The number of aliphatic imine (C=N–C) groups is 1. The summed E-state index contributed by atoms with van der Waals surface area (Å²) in [4.78, 5) is 34.2. The normalized spacial score (nSPS) is 18.7. The summed E-state index contributed by atoms with van der Waals surface area (Å²) in [6.07, 6.45) is 2.54. The number of halogens is 1. The molecule has 2 aliphatic rings. The van der Waals surface area contributed by atoms with E-state index in [1.54, 1.807) is 15.9 Å². The van der Waals surface area contributed by atoms with Gasteiger partial charge < -0.3 is 19.5 Å². The molecule has 1 aromatic heterocycles. The smallest absolute Gasteiger partial charge is 0.289 e. The molecule has 1 saturated heterocycles. The largest absolute Gasteiger partial charge is 0.451 e. The van der Waals surface area contributed by atoms with Gasteiger partial charge in [0.1, 0.15) is 5.58 Å². The van der Waals surface area contributed by atoms with E-state index in [0.717, 1.165) is 16.5 Å². The first-order valence-corrected chi connectivity index (χ1v) is 11.7. The first-order valence-electron chi connectivity index (χ1n) is 11.3. The second-order valence-electron chi connectivity index (χ2n) is 8.55. The van der Waals surface area contributed by atoms with Gasteiger partial charge in [0.05, 0.1) is 0 Å². The summed E-state index contributed by atoms with van der Waals surface area (Å²) in [5.41, 5.74) is 2.74. The van der Waals surface area contributed by atoms with Crippen LogP contribution in [0.2, 0.25) is 5.02 Å². The lowest BCUT2D eigenvalue weighted by atomic mass is 10.0. The van der Waals surface area contributed by atoms with Crippen molar-refractivity contribution in [2.45, 2.75) is 19.4 Å². The van der Waals surface area contributed by atoms with Gasteiger partial charge in [-0.2, -0.15) is 0 Å². The summed E-state index contributed by atoms with van der Waals surface area (Å²) in [6, 6.07) is 16.8. The number of rotatable bonds is 3. The standard InChI is InChI=1S/C26H25ClN4O3/c1-17-16-30(25(32)23-14-19-5-2-3-8-22(19)34-23)11-12-31(17)26(33)24-28-10-9-20(15-29-24)18-6-4-7-21(27)13-18/h2-8,13-15,17H,9-12,16H2,1H3,(H,28,29). The second kappa shape index (κ2) is 9.35. The number of nitrogens with zero attached hydrogens (tertiary/aromatic N) is 3. The number of hydrogen-bond donors (Lipinski definition) is 1. The number of piperazine rings is 1. The van der Waals surface area contributed by atoms with Crippen LogP contribution in [0, 0.1) is 0 Å². The van der Waals surface area contributed by atoms with E-state index in [-0.39, 0.29) is 17.9 Å². The molecule has 2 aliphatic heterocycles. The highest BCUT2D eigenvalue weighted by Crippen LogP contribution is 2.23. The predicted molar refractivity (Wildman–Crippen MR) is 133 cm³/mol. The van der Waals surface area contributed by atoms with E-state index in [2.05, 4.69) is 10.3 Å². The molecule has 7 nitrogen and oxygen atoms in total. The number of para-hydroxylation sites is 1. The van der Waals surface area contributed by atoms with Crippen molar-refractivity contribution in [1.29, 1.82) is 0 Å². The maximum atomic E-state index is 13.2. The monoisotopic (exact) mass is 476 g/mol. The van der Waals surface area contributed by atoms with E-state index in [4.69, 9.17) is 16.0 Å². The van der Waals surface area contributed by atoms with Crippen molar-refractivity contribution in [1.82, 2.24) is 15.1 Å². The molecule has 3 heterocycles. The van der Waals surface area contributed by atoms with Gasteiger partial charge in [-0.25, -0.2) is 0 Å². The number of carbonyl (C=O) groups excluding carboxylic acids is 2. The third-order valence-corrected chi connectivity index (χ3v) is 6.48. The van der Waals surface area contributed by atoms with Crippen molar-refractivity contribution < 1.29 is 14.0 Å². The van der Waals surface area contributed by atoms with Crippen LogP contribution < -0.4 is 5.32 Å². The fraction of sp³-hybridized carbons (Fsp3) is 0.269. The number of fused-ring (bicyclic) bond motifs is 1. The third kappa shape index (κ3) is 4.43. The van der Waals surface area contributed by atoms with E-state index in [0.29, 0.717) is 54.8 Å². The zero-order valence-electron chi connectivity index (χ0n) is 18.8. The number of amidine groups is 1. The Hall–Kier alpha value is -3.58. The fourth-order valence-electron chi connectivity index (χ4n) is 4.43. The van der Waals surface area contributed by atoms with Crippen molar-refractivity contribution in [2.75, 3.05) is 26.2 Å². The summed E-state index contributed by atoms with van der Waals surface area (Å²) >= 11 is 6.12. The summed E-state index contributed by atoms with van der Waals surface area (Å²) in [7, 11) is 0. The minimum Gasteiger partial charge on any atom is -0.451 e. The molecule has 1 atom stereocenters. The maximum Gasteiger partial charge on any atom is 0.289 e. The van der Waals surface area contributed by atoms with Gasteiger partial charge in [0.15, 0.2) is 11.6 Å². The Bertz CT molecular complexity index is 1280. The third-order valence-electron chi connectivity index (χ3n) is 6.24. The lowest BCUT2D eigenvalue weighted by Gasteiger charge is -2.39. The van der Waals surface area contributed by atoms with Crippen molar-refractivity contribution >= 4 is 45.8 Å². The molecule has 5 rings (SSSR count). The maximum absolute atomic E-state index is 13.2. The lowest BCUT2D eigenvalue weighted by Crippen LogP contribution is -2.57. The summed E-state index contributed by atoms with van der Waals surface area (Å²) < 4.78 is 5.74. The minimum atomic E-state index is -0.160. The van der Waals surface area contributed by atoms with Crippen LogP contribution in [0.15, 0.2) is 70.2 Å². The summed E-state index contributed by atoms with van der Waals surface area (Å²) in [5, 5.41) is 4.67. The fourth-order valence-corrected chi connectivity index (χ4v) is 4.62. The first kappa shape index (κ1) is 22.2. The van der Waals surface area contributed by atoms with Gasteiger partial charge >= 0.3 is 0 Å². The SMILES string of the molecule is CC1CN(C(=O)c2cc3ccccc3o2)CCN1C(=O)C1=NCCC(c2cccc(Cl)c2)=CN1. The zero-order chi connectivity index (χ0) is 23.7. The Kier molecular flexibility index (Phi) is 6.11. The Morgan fingerprint density at radius 2 is 1.94 bits per heavy atom. The summed E-state index contributed by atoms with van der Waals surface area (Å²) in [5.74, 6) is 0.323. The van der Waals surface area contributed by atoms with E-state index in [1.807, 2.05) is 61.7 Å². The number of hydrogen-bond acceptors (Lipinski definition) is 5. The Morgan fingerprint density at radius 1 is 1.09 bits per heavy atom. The number of amides is 2. The molecule has 8 heteroatoms. The summed E-state index contributed by atoms with van der Waals surface area (Å²) in [6.45, 7) is 3.74. The second-order valence-corrected chi connectivity index (χ2v) is 8.99. The highest BCUT2D eigenvalue weighted by Gasteiger charge is 2.33. The quantitative estimate of drug-likeness (QED) is 0.614. The van der Waals surface area contributed by atoms with Crippen LogP contribution >= 0.6 is 11.6 Å². The number of carbonyl (C=O) groups is 2. The van der Waals surface area contributed by atoms with Crippen molar-refractivity contribution in [2.24, 2.45) is 4.99 Å². The average molecular weight is 477 g/mol. The molecule has 2 amide bonds.